The highest BCUT2D eigenvalue weighted by Crippen LogP contribution is 2.22. The number of hydrogen-bond donors (Lipinski definition) is 3. The van der Waals surface area contributed by atoms with E-state index in [4.69, 9.17) is 10.8 Å². The average molecular weight is 225 g/mol. The third-order valence-corrected chi connectivity index (χ3v) is 2.04. The first-order valence-corrected chi connectivity index (χ1v) is 4.96. The van der Waals surface area contributed by atoms with Crippen LogP contribution in [0.2, 0.25) is 0 Å². The van der Waals surface area contributed by atoms with Crippen molar-refractivity contribution in [3.8, 4) is 0 Å². The molecule has 1 atom stereocenters. The molecule has 0 radical (unpaired) electrons. The SMILES string of the molecule is CC(O)CCNc1cc(N)cc([N+](=O)[O-])c1. The summed E-state index contributed by atoms with van der Waals surface area (Å²) in [6.45, 7) is 2.22. The van der Waals surface area contributed by atoms with E-state index in [1.165, 1.54) is 12.1 Å². The van der Waals surface area contributed by atoms with Crippen molar-refractivity contribution in [1.29, 1.82) is 0 Å². The van der Waals surface area contributed by atoms with Gasteiger partial charge in [0.1, 0.15) is 0 Å². The Morgan fingerprint density at radius 1 is 1.56 bits per heavy atom. The van der Waals surface area contributed by atoms with E-state index in [9.17, 15) is 10.1 Å². The first kappa shape index (κ1) is 12.3. The molecule has 0 saturated heterocycles. The number of aliphatic hydroxyl groups excluding tert-OH is 1. The number of nitro benzene ring substituents is 1. The second-order valence-electron chi connectivity index (χ2n) is 3.63. The van der Waals surface area contributed by atoms with Crippen molar-refractivity contribution in [3.63, 3.8) is 0 Å². The zero-order valence-corrected chi connectivity index (χ0v) is 9.01. The van der Waals surface area contributed by atoms with Crippen LogP contribution in [-0.4, -0.2) is 22.7 Å². The van der Waals surface area contributed by atoms with Gasteiger partial charge in [-0.1, -0.05) is 0 Å². The summed E-state index contributed by atoms with van der Waals surface area (Å²) < 4.78 is 0. The third-order valence-electron chi connectivity index (χ3n) is 2.04. The molecule has 6 nitrogen and oxygen atoms in total. The van der Waals surface area contributed by atoms with Gasteiger partial charge < -0.3 is 16.2 Å². The van der Waals surface area contributed by atoms with E-state index < -0.39 is 11.0 Å². The molecule has 0 aromatic heterocycles. The number of hydrogen-bond acceptors (Lipinski definition) is 5. The lowest BCUT2D eigenvalue weighted by Crippen LogP contribution is -2.10. The molecule has 0 amide bonds. The van der Waals surface area contributed by atoms with Crippen molar-refractivity contribution in [1.82, 2.24) is 0 Å². The summed E-state index contributed by atoms with van der Waals surface area (Å²) in [7, 11) is 0. The summed E-state index contributed by atoms with van der Waals surface area (Å²) in [6, 6.07) is 4.34. The lowest BCUT2D eigenvalue weighted by molar-refractivity contribution is -0.384. The molecule has 0 aliphatic carbocycles. The van der Waals surface area contributed by atoms with E-state index in [0.29, 0.717) is 24.3 Å². The second-order valence-corrected chi connectivity index (χ2v) is 3.63. The topological polar surface area (TPSA) is 101 Å². The van der Waals surface area contributed by atoms with Crippen molar-refractivity contribution in [3.05, 3.63) is 28.3 Å². The molecular formula is C10H15N3O3. The maximum absolute atomic E-state index is 10.6. The van der Waals surface area contributed by atoms with Crippen LogP contribution >= 0.6 is 0 Å². The molecule has 0 bridgehead atoms. The number of nitrogens with one attached hydrogen (secondary N) is 1. The second kappa shape index (κ2) is 5.32. The van der Waals surface area contributed by atoms with Gasteiger partial charge in [0.2, 0.25) is 0 Å². The van der Waals surface area contributed by atoms with Crippen molar-refractivity contribution in [2.75, 3.05) is 17.6 Å². The molecule has 0 fully saturated rings. The highest BCUT2D eigenvalue weighted by molar-refractivity contribution is 5.61. The normalized spacial score (nSPS) is 12.1. The molecule has 0 aliphatic heterocycles. The molecule has 0 spiro atoms. The van der Waals surface area contributed by atoms with Gasteiger partial charge in [0, 0.05) is 30.1 Å². The predicted molar refractivity (Wildman–Crippen MR) is 62.3 cm³/mol. The minimum Gasteiger partial charge on any atom is -0.398 e. The van der Waals surface area contributed by atoms with Crippen LogP contribution < -0.4 is 11.1 Å². The number of nitrogen functional groups attached to an aromatic ring is 1. The molecule has 0 aliphatic rings. The van der Waals surface area contributed by atoms with Crippen LogP contribution in [0.25, 0.3) is 0 Å². The van der Waals surface area contributed by atoms with E-state index in [1.807, 2.05) is 0 Å². The number of non-ortho nitro benzene ring substituents is 1. The first-order valence-electron chi connectivity index (χ1n) is 4.96. The summed E-state index contributed by atoms with van der Waals surface area (Å²) in [5.41, 5.74) is 6.42. The molecule has 1 aromatic rings. The highest BCUT2D eigenvalue weighted by Gasteiger charge is 2.08. The number of aliphatic hydroxyl groups is 1. The molecule has 88 valence electrons. The number of nitro groups is 1. The molecule has 6 heteroatoms. The molecule has 0 saturated carbocycles. The molecule has 0 heterocycles. The summed E-state index contributed by atoms with van der Waals surface area (Å²) in [4.78, 5) is 10.1. The van der Waals surface area contributed by atoms with E-state index in [2.05, 4.69) is 5.32 Å². The molecule has 1 aromatic carbocycles. The molecule has 4 N–H and O–H groups in total. The highest BCUT2D eigenvalue weighted by atomic mass is 16.6. The Labute approximate surface area is 93.2 Å². The van der Waals surface area contributed by atoms with Crippen LogP contribution in [0.1, 0.15) is 13.3 Å². The molecular weight excluding hydrogens is 210 g/mol. The van der Waals surface area contributed by atoms with E-state index in [0.717, 1.165) is 0 Å². The standard InChI is InChI=1S/C10H15N3O3/c1-7(14)2-3-12-9-4-8(11)5-10(6-9)13(15)16/h4-7,12,14H,2-3,11H2,1H3. The van der Waals surface area contributed by atoms with Crippen LogP contribution in [-0.2, 0) is 0 Å². The van der Waals surface area contributed by atoms with Gasteiger partial charge in [-0.15, -0.1) is 0 Å². The quantitative estimate of drug-likeness (QED) is 0.399. The average Bonchev–Trinajstić information content (AvgIpc) is 2.16. The lowest BCUT2D eigenvalue weighted by atomic mass is 10.2. The van der Waals surface area contributed by atoms with Crippen molar-refractivity contribution < 1.29 is 10.0 Å². The maximum atomic E-state index is 10.6. The molecule has 1 rings (SSSR count). The van der Waals surface area contributed by atoms with Crippen LogP contribution in [0.4, 0.5) is 17.1 Å². The van der Waals surface area contributed by atoms with Crippen LogP contribution in [0, 0.1) is 10.1 Å². The predicted octanol–water partition coefficient (Wildman–Crippen LogP) is 1.36. The number of rotatable bonds is 5. The van der Waals surface area contributed by atoms with Crippen molar-refractivity contribution in [2.24, 2.45) is 0 Å². The van der Waals surface area contributed by atoms with Gasteiger partial charge in [0.05, 0.1) is 11.0 Å². The van der Waals surface area contributed by atoms with E-state index in [1.54, 1.807) is 13.0 Å². The fourth-order valence-electron chi connectivity index (χ4n) is 1.27. The maximum Gasteiger partial charge on any atom is 0.273 e. The summed E-state index contributed by atoms with van der Waals surface area (Å²) >= 11 is 0. The van der Waals surface area contributed by atoms with Gasteiger partial charge in [-0.25, -0.2) is 0 Å². The van der Waals surface area contributed by atoms with Crippen molar-refractivity contribution >= 4 is 17.1 Å². The zero-order valence-electron chi connectivity index (χ0n) is 9.01. The van der Waals surface area contributed by atoms with Gasteiger partial charge in [0.15, 0.2) is 0 Å². The van der Waals surface area contributed by atoms with Crippen molar-refractivity contribution in [2.45, 2.75) is 19.4 Å². The Morgan fingerprint density at radius 3 is 2.81 bits per heavy atom. The Bertz CT molecular complexity index is 380. The Morgan fingerprint density at radius 2 is 2.25 bits per heavy atom. The summed E-state index contributed by atoms with van der Waals surface area (Å²) in [5, 5.41) is 22.6. The monoisotopic (exact) mass is 225 g/mol. The zero-order chi connectivity index (χ0) is 12.1. The number of anilines is 2. The fraction of sp³-hybridized carbons (Fsp3) is 0.400. The lowest BCUT2D eigenvalue weighted by Gasteiger charge is -2.08. The summed E-state index contributed by atoms with van der Waals surface area (Å²) in [5.74, 6) is 0. The fourth-order valence-corrected chi connectivity index (χ4v) is 1.27. The Kier molecular flexibility index (Phi) is 4.07. The largest absolute Gasteiger partial charge is 0.398 e. The number of nitrogens with zero attached hydrogens (tertiary/aromatic N) is 1. The van der Waals surface area contributed by atoms with Gasteiger partial charge in [0.25, 0.3) is 5.69 Å². The molecule has 1 unspecified atom stereocenters. The number of nitrogens with two attached hydrogens (primary N) is 1. The van der Waals surface area contributed by atoms with Crippen LogP contribution in [0.3, 0.4) is 0 Å². The van der Waals surface area contributed by atoms with Gasteiger partial charge >= 0.3 is 0 Å². The van der Waals surface area contributed by atoms with Gasteiger partial charge in [-0.2, -0.15) is 0 Å². The Hall–Kier alpha value is -1.82. The number of benzene rings is 1. The van der Waals surface area contributed by atoms with Crippen LogP contribution in [0.15, 0.2) is 18.2 Å². The van der Waals surface area contributed by atoms with E-state index >= 15 is 0 Å². The van der Waals surface area contributed by atoms with Crippen LogP contribution in [0.5, 0.6) is 0 Å². The van der Waals surface area contributed by atoms with Gasteiger partial charge in [-0.05, 0) is 19.4 Å². The third kappa shape index (κ3) is 3.74. The smallest absolute Gasteiger partial charge is 0.273 e. The Balaban J connectivity index is 2.69. The first-order chi connectivity index (χ1) is 7.49. The van der Waals surface area contributed by atoms with E-state index in [-0.39, 0.29) is 5.69 Å². The summed E-state index contributed by atoms with van der Waals surface area (Å²) in [6.07, 6.45) is 0.173. The molecule has 16 heavy (non-hydrogen) atoms. The minimum absolute atomic E-state index is 0.0421. The van der Waals surface area contributed by atoms with Gasteiger partial charge in [-0.3, -0.25) is 10.1 Å². The minimum atomic E-state index is -0.490.